The molecule has 3 rings (SSSR count). The lowest BCUT2D eigenvalue weighted by Gasteiger charge is -2.31. The number of benzene rings is 3. The number of ether oxygens (including phenoxy) is 1. The Hall–Kier alpha value is -3.19. The summed E-state index contributed by atoms with van der Waals surface area (Å²) in [7, 11) is 1.55. The Morgan fingerprint density at radius 3 is 2.29 bits per heavy atom. The van der Waals surface area contributed by atoms with Crippen LogP contribution in [0.3, 0.4) is 0 Å². The van der Waals surface area contributed by atoms with E-state index in [0.717, 1.165) is 22.0 Å². The molecule has 0 aromatic heterocycles. The fourth-order valence-corrected chi connectivity index (χ4v) is 4.15. The highest BCUT2D eigenvalue weighted by atomic mass is 79.9. The topological polar surface area (TPSA) is 58.6 Å². The van der Waals surface area contributed by atoms with Crippen LogP contribution in [0, 0.1) is 5.82 Å². The largest absolute Gasteiger partial charge is 0.483 e. The van der Waals surface area contributed by atoms with Gasteiger partial charge in [-0.25, -0.2) is 4.39 Å². The van der Waals surface area contributed by atoms with Gasteiger partial charge in [-0.3, -0.25) is 9.59 Å². The summed E-state index contributed by atoms with van der Waals surface area (Å²) in [5, 5.41) is 2.67. The van der Waals surface area contributed by atoms with Crippen molar-refractivity contribution in [2.75, 3.05) is 13.7 Å². The molecule has 2 amide bonds. The molecule has 5 nitrogen and oxygen atoms in total. The summed E-state index contributed by atoms with van der Waals surface area (Å²) < 4.78 is 20.0. The maximum atomic E-state index is 13.4. The summed E-state index contributed by atoms with van der Waals surface area (Å²) in [5.74, 6) is -0.447. The molecule has 0 spiro atoms. The summed E-state index contributed by atoms with van der Waals surface area (Å²) in [6, 6.07) is 20.4. The molecular weight excluding hydrogens is 499 g/mol. The molecule has 34 heavy (non-hydrogen) atoms. The van der Waals surface area contributed by atoms with Gasteiger partial charge < -0.3 is 15.0 Å². The molecule has 1 unspecified atom stereocenters. The maximum Gasteiger partial charge on any atom is 0.261 e. The van der Waals surface area contributed by atoms with Crippen molar-refractivity contribution in [3.8, 4) is 5.75 Å². The number of hydrogen-bond acceptors (Lipinski definition) is 3. The Bertz CT molecular complexity index is 1110. The van der Waals surface area contributed by atoms with Crippen LogP contribution in [0.2, 0.25) is 0 Å². The van der Waals surface area contributed by atoms with Gasteiger partial charge in [0.2, 0.25) is 5.91 Å². The fraction of sp³-hybridized carbons (Fsp3) is 0.259. The molecule has 1 N–H and O–H groups in total. The first-order chi connectivity index (χ1) is 16.4. The molecule has 0 fully saturated rings. The average molecular weight is 527 g/mol. The Labute approximate surface area is 208 Å². The summed E-state index contributed by atoms with van der Waals surface area (Å²) in [6.45, 7) is 1.96. The van der Waals surface area contributed by atoms with Gasteiger partial charge in [0.1, 0.15) is 17.6 Å². The lowest BCUT2D eigenvalue weighted by atomic mass is 10.0. The van der Waals surface area contributed by atoms with Crippen LogP contribution in [0.15, 0.2) is 77.3 Å². The highest BCUT2D eigenvalue weighted by Crippen LogP contribution is 2.26. The van der Waals surface area contributed by atoms with Crippen LogP contribution in [-0.4, -0.2) is 36.4 Å². The minimum absolute atomic E-state index is 0.142. The van der Waals surface area contributed by atoms with Crippen LogP contribution in [0.4, 0.5) is 4.39 Å². The van der Waals surface area contributed by atoms with Gasteiger partial charge in [-0.1, -0.05) is 55.5 Å². The monoisotopic (exact) mass is 526 g/mol. The number of carbonyl (C=O) groups excluding carboxylic acids is 2. The number of rotatable bonds is 10. The highest BCUT2D eigenvalue weighted by molar-refractivity contribution is 9.10. The fourth-order valence-electron chi connectivity index (χ4n) is 3.61. The van der Waals surface area contributed by atoms with Gasteiger partial charge in [0.15, 0.2) is 6.61 Å². The molecule has 0 heterocycles. The third kappa shape index (κ3) is 6.90. The Kier molecular flexibility index (Phi) is 9.22. The van der Waals surface area contributed by atoms with E-state index in [4.69, 9.17) is 4.74 Å². The zero-order valence-electron chi connectivity index (χ0n) is 19.3. The second kappa shape index (κ2) is 12.3. The third-order valence-electron chi connectivity index (χ3n) is 5.54. The molecule has 0 saturated heterocycles. The first kappa shape index (κ1) is 25.4. The first-order valence-electron chi connectivity index (χ1n) is 11.1. The number of hydrogen-bond donors (Lipinski definition) is 1. The molecule has 3 aromatic carbocycles. The normalized spacial score (nSPS) is 11.5. The summed E-state index contributed by atoms with van der Waals surface area (Å²) >= 11 is 3.49. The molecule has 1 atom stereocenters. The van der Waals surface area contributed by atoms with E-state index in [1.165, 1.54) is 17.0 Å². The van der Waals surface area contributed by atoms with E-state index < -0.39 is 6.04 Å². The van der Waals surface area contributed by atoms with Crippen LogP contribution in [-0.2, 0) is 29.0 Å². The maximum absolute atomic E-state index is 13.4. The van der Waals surface area contributed by atoms with E-state index in [9.17, 15) is 14.0 Å². The summed E-state index contributed by atoms with van der Waals surface area (Å²) in [6.07, 6.45) is 1.22. The van der Waals surface area contributed by atoms with E-state index in [1.807, 2.05) is 48.5 Å². The van der Waals surface area contributed by atoms with E-state index in [-0.39, 0.29) is 30.8 Å². The van der Waals surface area contributed by atoms with Gasteiger partial charge >= 0.3 is 0 Å². The van der Waals surface area contributed by atoms with Gasteiger partial charge in [-0.05, 0) is 63.3 Å². The third-order valence-corrected chi connectivity index (χ3v) is 6.16. The molecule has 0 aliphatic rings. The average Bonchev–Trinajstić information content (AvgIpc) is 2.86. The summed E-state index contributed by atoms with van der Waals surface area (Å²) in [4.78, 5) is 27.8. The van der Waals surface area contributed by atoms with Crippen molar-refractivity contribution in [3.63, 3.8) is 0 Å². The van der Waals surface area contributed by atoms with Crippen molar-refractivity contribution in [1.29, 1.82) is 0 Å². The molecule has 0 aliphatic carbocycles. The molecule has 0 saturated carbocycles. The zero-order valence-corrected chi connectivity index (χ0v) is 20.8. The Morgan fingerprint density at radius 2 is 1.68 bits per heavy atom. The van der Waals surface area contributed by atoms with Gasteiger partial charge in [0, 0.05) is 20.0 Å². The lowest BCUT2D eigenvalue weighted by Crippen LogP contribution is -2.51. The molecule has 3 aromatic rings. The van der Waals surface area contributed by atoms with Gasteiger partial charge in [-0.2, -0.15) is 0 Å². The number of halogens is 2. The standard InChI is InChI=1S/C27H28BrFN2O3/c1-3-19-11-14-25(23(28)15-19)34-18-26(32)31(17-21-9-12-22(29)13-10-21)24(27(33)30-2)16-20-7-5-4-6-8-20/h4-15,24H,3,16-18H2,1-2H3,(H,30,33). The van der Waals surface area contributed by atoms with E-state index >= 15 is 0 Å². The van der Waals surface area contributed by atoms with Crippen molar-refractivity contribution < 1.29 is 18.7 Å². The summed E-state index contributed by atoms with van der Waals surface area (Å²) in [5.41, 5.74) is 2.78. The van der Waals surface area contributed by atoms with Gasteiger partial charge in [-0.15, -0.1) is 0 Å². The van der Waals surface area contributed by atoms with Crippen LogP contribution >= 0.6 is 15.9 Å². The van der Waals surface area contributed by atoms with E-state index in [1.54, 1.807) is 19.2 Å². The Morgan fingerprint density at radius 1 is 1.00 bits per heavy atom. The number of nitrogens with one attached hydrogen (secondary N) is 1. The van der Waals surface area contributed by atoms with Crippen LogP contribution in [0.1, 0.15) is 23.6 Å². The predicted molar refractivity (Wildman–Crippen MR) is 134 cm³/mol. The predicted octanol–water partition coefficient (Wildman–Crippen LogP) is 4.92. The number of nitrogens with zero attached hydrogens (tertiary/aromatic N) is 1. The van der Waals surface area contributed by atoms with Gasteiger partial charge in [0.05, 0.1) is 4.47 Å². The van der Waals surface area contributed by atoms with Crippen molar-refractivity contribution in [3.05, 3.63) is 99.8 Å². The minimum Gasteiger partial charge on any atom is -0.483 e. The number of carbonyl (C=O) groups is 2. The molecule has 0 bridgehead atoms. The van der Waals surface area contributed by atoms with Crippen molar-refractivity contribution in [1.82, 2.24) is 10.2 Å². The number of aryl methyl sites for hydroxylation is 1. The van der Waals surface area contributed by atoms with E-state index in [0.29, 0.717) is 17.7 Å². The van der Waals surface area contributed by atoms with Crippen LogP contribution in [0.25, 0.3) is 0 Å². The van der Waals surface area contributed by atoms with Crippen molar-refractivity contribution in [2.45, 2.75) is 32.4 Å². The quantitative estimate of drug-likeness (QED) is 0.408. The molecule has 0 radical (unpaired) electrons. The zero-order chi connectivity index (χ0) is 24.5. The minimum atomic E-state index is -0.764. The first-order valence-corrected chi connectivity index (χ1v) is 11.9. The molecule has 7 heteroatoms. The highest BCUT2D eigenvalue weighted by Gasteiger charge is 2.30. The van der Waals surface area contributed by atoms with E-state index in [2.05, 4.69) is 28.2 Å². The SMILES string of the molecule is CCc1ccc(OCC(=O)N(Cc2ccc(F)cc2)C(Cc2ccccc2)C(=O)NC)c(Br)c1. The number of amides is 2. The Balaban J connectivity index is 1.86. The van der Waals surface area contributed by atoms with Crippen molar-refractivity contribution >= 4 is 27.7 Å². The van der Waals surface area contributed by atoms with Gasteiger partial charge in [0.25, 0.3) is 5.91 Å². The van der Waals surface area contributed by atoms with Crippen LogP contribution in [0.5, 0.6) is 5.75 Å². The number of likely N-dealkylation sites (N-methyl/N-ethyl adjacent to an activating group) is 1. The lowest BCUT2D eigenvalue weighted by molar-refractivity contribution is -0.142. The smallest absolute Gasteiger partial charge is 0.261 e. The van der Waals surface area contributed by atoms with Crippen LogP contribution < -0.4 is 10.1 Å². The van der Waals surface area contributed by atoms with Crippen molar-refractivity contribution in [2.24, 2.45) is 0 Å². The second-order valence-electron chi connectivity index (χ2n) is 7.87. The second-order valence-corrected chi connectivity index (χ2v) is 8.73. The molecule has 178 valence electrons. The molecule has 0 aliphatic heterocycles. The molecular formula is C27H28BrFN2O3.